The minimum atomic E-state index is -1.85. The van der Waals surface area contributed by atoms with Crippen molar-refractivity contribution >= 4 is 25.8 Å². The summed E-state index contributed by atoms with van der Waals surface area (Å²) in [4.78, 5) is 0. The molecule has 6 aromatic rings. The molecule has 9 nitrogen and oxygen atoms in total. The Morgan fingerprint density at radius 1 is 0.252 bits per heavy atom. The van der Waals surface area contributed by atoms with Crippen LogP contribution in [0.2, 0.25) is 0 Å². The van der Waals surface area contributed by atoms with E-state index >= 15 is 0 Å². The maximum absolute atomic E-state index is 7.39. The topological polar surface area (TPSA) is 83.1 Å². The van der Waals surface area contributed by atoms with Crippen molar-refractivity contribution in [1.29, 1.82) is 0 Å². The van der Waals surface area contributed by atoms with E-state index in [-0.39, 0.29) is 28.1 Å². The zero-order chi connectivity index (χ0) is 91.8. The van der Waals surface area contributed by atoms with Gasteiger partial charge in [0.15, 0.2) is 0 Å². The number of hydrogen-bond donors (Lipinski definition) is 0. The van der Waals surface area contributed by atoms with E-state index in [1.165, 1.54) is 309 Å². The molecule has 0 heterocycles. The lowest BCUT2D eigenvalue weighted by molar-refractivity contribution is 0.256. The maximum atomic E-state index is 7.39. The molecule has 6 aromatic carbocycles. The summed E-state index contributed by atoms with van der Waals surface area (Å²) in [5, 5.41) is 0. The number of hydrogen-bond acceptors (Lipinski definition) is 9. The molecule has 127 heavy (non-hydrogen) atoms. The highest BCUT2D eigenvalue weighted by molar-refractivity contribution is 7.43. The second kappa shape index (κ2) is 65.0. The Labute approximate surface area is 785 Å². The van der Waals surface area contributed by atoms with E-state index in [0.29, 0.717) is 19.8 Å². The molecule has 0 N–H and O–H groups in total. The Morgan fingerprint density at radius 3 is 0.717 bits per heavy atom. The summed E-state index contributed by atoms with van der Waals surface area (Å²) in [6.07, 6.45) is 64.4. The summed E-state index contributed by atoms with van der Waals surface area (Å²) in [5.41, 5.74) is 13.7. The molecule has 0 saturated carbocycles. The predicted molar refractivity (Wildman–Crippen MR) is 553 cm³/mol. The zero-order valence-electron chi connectivity index (χ0n) is 85.0. The van der Waals surface area contributed by atoms with Crippen LogP contribution < -0.4 is 27.1 Å². The number of benzene rings is 6. The van der Waals surface area contributed by atoms with Crippen LogP contribution >= 0.6 is 25.8 Å². The Balaban J connectivity index is 1.46. The Morgan fingerprint density at radius 2 is 0.472 bits per heavy atom. The standard InChI is InChI=1S/C115H187O9P3/c1-20-26-32-38-44-47-50-53-59-65-80-116-125(119-100-77-68-74-97(87-100)71-62-56-41-35-29-23-4)122-110-84-94(8)103(90-107(110)113(11,12)13)93(7)83-106(104-91-108(114(14,15)16)111(85-95(104)9)123-126(117-81-66-60-54-51-48-45-39-33-27-21-2)120-101-78-69-75-98(88-101)72-63-57-42-36-30-24-5)105-92-109(115(17,18)19)112(86-96(105)10)124-127(118-82-67-61-55-52-49-46-40-34-28-22-3)121-102-79-70-76-99(89-102)73-64-58-43-37-31-25-6/h68-70,74-79,84-93,106H,20-67,71-73,80-83H2,1-19H3. The van der Waals surface area contributed by atoms with Crippen LogP contribution in [0.5, 0.6) is 34.5 Å². The van der Waals surface area contributed by atoms with Crippen LogP contribution in [0.15, 0.2) is 109 Å². The van der Waals surface area contributed by atoms with Crippen molar-refractivity contribution in [1.82, 2.24) is 0 Å². The molecule has 12 heteroatoms. The second-order valence-corrected chi connectivity index (χ2v) is 44.0. The van der Waals surface area contributed by atoms with Crippen molar-refractivity contribution in [3.05, 3.63) is 176 Å². The van der Waals surface area contributed by atoms with Gasteiger partial charge in [0.2, 0.25) is 0 Å². The quantitative estimate of drug-likeness (QED) is 0.0274. The van der Waals surface area contributed by atoms with Crippen LogP contribution in [0, 0.1) is 20.8 Å². The molecule has 0 aromatic heterocycles. The van der Waals surface area contributed by atoms with E-state index in [1.807, 2.05) is 0 Å². The van der Waals surface area contributed by atoms with E-state index in [1.54, 1.807) is 0 Å². The smallest absolute Gasteiger partial charge is 0.418 e. The van der Waals surface area contributed by atoms with Crippen molar-refractivity contribution in [3.63, 3.8) is 0 Å². The van der Waals surface area contributed by atoms with Crippen LogP contribution in [0.3, 0.4) is 0 Å². The van der Waals surface area contributed by atoms with Gasteiger partial charge in [0.25, 0.3) is 0 Å². The molecule has 0 spiro atoms. The summed E-state index contributed by atoms with van der Waals surface area (Å²) >= 11 is 0. The summed E-state index contributed by atoms with van der Waals surface area (Å²) in [6.45, 7) is 45.8. The first-order valence-electron chi connectivity index (χ1n) is 52.5. The molecule has 0 fully saturated rings. The van der Waals surface area contributed by atoms with E-state index in [0.717, 1.165) is 127 Å². The predicted octanol–water partition coefficient (Wildman–Crippen LogP) is 39.4. The average molecular weight is 1810 g/mol. The highest BCUT2D eigenvalue weighted by Crippen LogP contribution is 2.53. The highest BCUT2D eigenvalue weighted by atomic mass is 31.2. The molecule has 0 aliphatic rings. The first-order chi connectivity index (χ1) is 61.4. The molecular weight excluding hydrogens is 1620 g/mol. The van der Waals surface area contributed by atoms with Crippen molar-refractivity contribution < 1.29 is 40.7 Å². The van der Waals surface area contributed by atoms with Gasteiger partial charge in [0, 0.05) is 22.6 Å². The van der Waals surface area contributed by atoms with E-state index in [4.69, 9.17) is 40.7 Å². The first kappa shape index (κ1) is 111. The van der Waals surface area contributed by atoms with Crippen LogP contribution in [0.4, 0.5) is 0 Å². The molecule has 4 atom stereocenters. The van der Waals surface area contributed by atoms with Crippen molar-refractivity contribution in [3.8, 4) is 34.5 Å². The van der Waals surface area contributed by atoms with Gasteiger partial charge in [-0.05, 0) is 212 Å². The van der Waals surface area contributed by atoms with Crippen LogP contribution in [-0.4, -0.2) is 19.8 Å². The Hall–Kier alpha value is -4.71. The van der Waals surface area contributed by atoms with Gasteiger partial charge in [0.1, 0.15) is 34.5 Å². The van der Waals surface area contributed by atoms with Crippen molar-refractivity contribution in [2.75, 3.05) is 19.8 Å². The monoisotopic (exact) mass is 1810 g/mol. The fraction of sp³-hybridized carbons (Fsp3) is 0.687. The minimum Gasteiger partial charge on any atom is -0.418 e. The molecule has 716 valence electrons. The minimum absolute atomic E-state index is 0.0783. The summed E-state index contributed by atoms with van der Waals surface area (Å²) in [5.74, 6) is 4.86. The first-order valence-corrected chi connectivity index (χ1v) is 55.8. The van der Waals surface area contributed by atoms with E-state index < -0.39 is 25.8 Å². The normalized spacial score (nSPS) is 13.3. The second-order valence-electron chi connectivity index (χ2n) is 40.8. The fourth-order valence-electron chi connectivity index (χ4n) is 17.8. The molecule has 0 aliphatic heterocycles. The third-order valence-electron chi connectivity index (χ3n) is 25.7. The number of aryl methyl sites for hydroxylation is 6. The molecule has 0 saturated heterocycles. The molecule has 0 aliphatic carbocycles. The largest absolute Gasteiger partial charge is 0.463 e. The molecule has 4 unspecified atom stereocenters. The average Bonchev–Trinajstić information content (AvgIpc) is 0.759. The van der Waals surface area contributed by atoms with E-state index in [2.05, 4.69) is 241 Å². The van der Waals surface area contributed by atoms with Gasteiger partial charge in [-0.15, -0.1) is 0 Å². The third kappa shape index (κ3) is 45.7. The summed E-state index contributed by atoms with van der Waals surface area (Å²) in [7, 11) is -5.53. The van der Waals surface area contributed by atoms with E-state index in [9.17, 15) is 0 Å². The molecule has 0 bridgehead atoms. The van der Waals surface area contributed by atoms with Gasteiger partial charge in [-0.3, -0.25) is 13.6 Å². The van der Waals surface area contributed by atoms with Gasteiger partial charge in [0.05, 0.1) is 19.8 Å². The van der Waals surface area contributed by atoms with Crippen molar-refractivity contribution in [2.45, 2.75) is 494 Å². The van der Waals surface area contributed by atoms with Crippen molar-refractivity contribution in [2.24, 2.45) is 0 Å². The van der Waals surface area contributed by atoms with Crippen LogP contribution in [0.25, 0.3) is 0 Å². The van der Waals surface area contributed by atoms with Gasteiger partial charge >= 0.3 is 25.8 Å². The molecule has 6 rings (SSSR count). The lowest BCUT2D eigenvalue weighted by Crippen LogP contribution is -2.19. The maximum Gasteiger partial charge on any atom is 0.463 e. The Bertz CT molecular complexity index is 3670. The number of unbranched alkanes of at least 4 members (excludes halogenated alkanes) is 42. The summed E-state index contributed by atoms with van der Waals surface area (Å²) in [6, 6.07) is 40.6. The van der Waals surface area contributed by atoms with Gasteiger partial charge in [-0.25, -0.2) is 0 Å². The lowest BCUT2D eigenvalue weighted by atomic mass is 9.74. The third-order valence-corrected chi connectivity index (χ3v) is 29.0. The molecular formula is C115H187O9P3. The van der Waals surface area contributed by atoms with Crippen LogP contribution in [-0.2, 0) is 49.1 Å². The summed E-state index contributed by atoms with van der Waals surface area (Å²) < 4.78 is 63.8. The SMILES string of the molecule is CCCCCCCCCCCCOP(Oc1cccc(CCCCCCCC)c1)Oc1cc(C)c(C(C)CC(c2cc(C(C)(C)C)c(OP(OCCCCCCCCCCCC)Oc3cccc(CCCCCCCC)c3)cc2C)c2cc(C(C)(C)C)c(OP(OCCCCCCCCCCCC)Oc3cccc(CCCCCCCC)c3)cc2C)cc1C(C)(C)C. The van der Waals surface area contributed by atoms with Gasteiger partial charge in [-0.1, -0.05) is 435 Å². The molecule has 0 amide bonds. The Kier molecular flexibility index (Phi) is 56.8. The lowest BCUT2D eigenvalue weighted by Gasteiger charge is -2.33. The van der Waals surface area contributed by atoms with Gasteiger partial charge < -0.3 is 27.1 Å². The highest BCUT2D eigenvalue weighted by Gasteiger charge is 2.35. The fourth-order valence-corrected chi connectivity index (χ4v) is 20.8. The number of rotatable bonds is 74. The van der Waals surface area contributed by atoms with Crippen LogP contribution in [0.1, 0.15) is 504 Å². The van der Waals surface area contributed by atoms with Gasteiger partial charge in [-0.2, -0.15) is 0 Å². The zero-order valence-corrected chi connectivity index (χ0v) is 87.6. The molecule has 0 radical (unpaired) electrons.